The molecule has 0 radical (unpaired) electrons. The number of rotatable bonds is 5. The molecule has 0 unspecified atom stereocenters. The summed E-state index contributed by atoms with van der Waals surface area (Å²) in [7, 11) is 0. The van der Waals surface area contributed by atoms with Crippen LogP contribution >= 0.6 is 11.6 Å². The summed E-state index contributed by atoms with van der Waals surface area (Å²) < 4.78 is 20.8. The first-order chi connectivity index (χ1) is 16.4. The molecule has 2 aliphatic heterocycles. The number of hydrogen-bond acceptors (Lipinski definition) is 4. The van der Waals surface area contributed by atoms with Gasteiger partial charge in [-0.15, -0.1) is 0 Å². The number of aromatic nitrogens is 2. The maximum Gasteiger partial charge on any atom is 0.356 e. The molecule has 3 heterocycles. The summed E-state index contributed by atoms with van der Waals surface area (Å²) in [6.45, 7) is 4.04. The molecular weight excluding hydrogens is 457 g/mol. The molecule has 0 aliphatic carbocycles. The number of carboxylic acids is 1. The number of imidazole rings is 1. The summed E-state index contributed by atoms with van der Waals surface area (Å²) in [5, 5.41) is 9.58. The number of carbonyl (C=O) groups is 1. The van der Waals surface area contributed by atoms with Crippen molar-refractivity contribution in [2.24, 2.45) is 0 Å². The number of ether oxygens (including phenoxy) is 1. The third-order valence-electron chi connectivity index (χ3n) is 6.58. The van der Waals surface area contributed by atoms with Crippen LogP contribution < -0.4 is 4.74 Å². The van der Waals surface area contributed by atoms with Crippen molar-refractivity contribution >= 4 is 23.6 Å². The van der Waals surface area contributed by atoms with Crippen LogP contribution in [0.4, 0.5) is 4.39 Å². The molecule has 176 valence electrons. The molecule has 34 heavy (non-hydrogen) atoms. The summed E-state index contributed by atoms with van der Waals surface area (Å²) in [6.07, 6.45) is 5.24. The van der Waals surface area contributed by atoms with Gasteiger partial charge in [0, 0.05) is 21.8 Å². The van der Waals surface area contributed by atoms with Gasteiger partial charge < -0.3 is 14.8 Å². The third-order valence-corrected chi connectivity index (χ3v) is 6.81. The number of aromatic carboxylic acids is 1. The van der Waals surface area contributed by atoms with E-state index in [0.29, 0.717) is 34.6 Å². The Kier molecular flexibility index (Phi) is 6.15. The van der Waals surface area contributed by atoms with Crippen LogP contribution in [-0.4, -0.2) is 39.0 Å². The zero-order valence-corrected chi connectivity index (χ0v) is 19.5. The van der Waals surface area contributed by atoms with Gasteiger partial charge in [0.2, 0.25) is 0 Å². The molecule has 0 saturated carbocycles. The van der Waals surface area contributed by atoms with Crippen molar-refractivity contribution < 1.29 is 19.0 Å². The Bertz CT molecular complexity index is 1260. The molecule has 1 atom stereocenters. The van der Waals surface area contributed by atoms with Gasteiger partial charge in [-0.3, -0.25) is 4.90 Å². The highest BCUT2D eigenvalue weighted by atomic mass is 35.5. The van der Waals surface area contributed by atoms with Crippen molar-refractivity contribution in [3.63, 3.8) is 0 Å². The predicted octanol–water partition coefficient (Wildman–Crippen LogP) is 5.74. The Morgan fingerprint density at radius 3 is 2.76 bits per heavy atom. The summed E-state index contributed by atoms with van der Waals surface area (Å²) in [5.74, 6) is 0.414. The summed E-state index contributed by atoms with van der Waals surface area (Å²) in [6, 6.07) is 10.8. The molecule has 1 saturated heterocycles. The predicted molar refractivity (Wildman–Crippen MR) is 128 cm³/mol. The molecule has 2 aliphatic rings. The average molecular weight is 482 g/mol. The van der Waals surface area contributed by atoms with Gasteiger partial charge in [-0.05, 0) is 62.5 Å². The minimum absolute atomic E-state index is 0.0812. The lowest BCUT2D eigenvalue weighted by Gasteiger charge is -2.33. The first-order valence-electron chi connectivity index (χ1n) is 11.3. The van der Waals surface area contributed by atoms with Gasteiger partial charge in [-0.2, -0.15) is 0 Å². The third kappa shape index (κ3) is 4.45. The SMILES string of the molecule is Cc1[nH]c(CN2CCC(c3cccc4c3O[C@@H](c3ccc(Cl)cc3F)C=C4)CC2)nc1C(=O)O. The first kappa shape index (κ1) is 22.6. The number of nitrogens with zero attached hydrogens (tertiary/aromatic N) is 2. The van der Waals surface area contributed by atoms with Crippen LogP contribution in [0.3, 0.4) is 0 Å². The first-order valence-corrected chi connectivity index (χ1v) is 11.7. The van der Waals surface area contributed by atoms with Crippen LogP contribution in [0, 0.1) is 12.7 Å². The van der Waals surface area contributed by atoms with E-state index >= 15 is 0 Å². The number of nitrogens with one attached hydrogen (secondary N) is 1. The quantitative estimate of drug-likeness (QED) is 0.486. The minimum atomic E-state index is -1.02. The van der Waals surface area contributed by atoms with Crippen LogP contribution in [0.1, 0.15) is 63.6 Å². The lowest BCUT2D eigenvalue weighted by Crippen LogP contribution is -2.33. The standard InChI is InChI=1S/C26H25ClFN3O3/c1-15-24(26(32)33)30-23(29-15)14-31-11-9-16(10-12-31)19-4-2-3-17-5-8-22(34-25(17)19)20-7-6-18(27)13-21(20)28/h2-8,13,16,22H,9-12,14H2,1H3,(H,29,30)(H,32,33)/t22-/m1/s1. The van der Waals surface area contributed by atoms with E-state index < -0.39 is 12.1 Å². The number of fused-ring (bicyclic) bond motifs is 1. The Morgan fingerprint density at radius 2 is 2.06 bits per heavy atom. The maximum atomic E-state index is 14.5. The number of piperidine rings is 1. The monoisotopic (exact) mass is 481 g/mol. The summed E-state index contributed by atoms with van der Waals surface area (Å²) >= 11 is 5.91. The molecule has 2 N–H and O–H groups in total. The van der Waals surface area contributed by atoms with Crippen molar-refractivity contribution in [1.29, 1.82) is 0 Å². The van der Waals surface area contributed by atoms with E-state index in [2.05, 4.69) is 20.9 Å². The molecule has 1 fully saturated rings. The summed E-state index contributed by atoms with van der Waals surface area (Å²) in [5.41, 5.74) is 3.26. The van der Waals surface area contributed by atoms with Gasteiger partial charge in [0.25, 0.3) is 0 Å². The second-order valence-electron chi connectivity index (χ2n) is 8.84. The van der Waals surface area contributed by atoms with Crippen LogP contribution in [0.25, 0.3) is 6.08 Å². The zero-order chi connectivity index (χ0) is 23.8. The second kappa shape index (κ2) is 9.24. The molecule has 0 spiro atoms. The number of likely N-dealkylation sites (tertiary alicyclic amines) is 1. The van der Waals surface area contributed by atoms with Crippen LogP contribution in [0.5, 0.6) is 5.75 Å². The van der Waals surface area contributed by atoms with E-state index in [1.807, 2.05) is 24.3 Å². The largest absolute Gasteiger partial charge is 0.481 e. The zero-order valence-electron chi connectivity index (χ0n) is 18.7. The molecule has 8 heteroatoms. The fraction of sp³-hybridized carbons (Fsp3) is 0.308. The number of para-hydroxylation sites is 1. The van der Waals surface area contributed by atoms with E-state index in [0.717, 1.165) is 42.8 Å². The number of aryl methyl sites for hydroxylation is 1. The van der Waals surface area contributed by atoms with Gasteiger partial charge in [0.05, 0.1) is 6.54 Å². The topological polar surface area (TPSA) is 78.5 Å². The van der Waals surface area contributed by atoms with Crippen molar-refractivity contribution in [2.75, 3.05) is 13.1 Å². The number of hydrogen-bond donors (Lipinski definition) is 2. The van der Waals surface area contributed by atoms with E-state index in [1.165, 1.54) is 6.07 Å². The Morgan fingerprint density at radius 1 is 1.26 bits per heavy atom. The Balaban J connectivity index is 1.29. The van der Waals surface area contributed by atoms with E-state index in [9.17, 15) is 14.3 Å². The Hall–Kier alpha value is -3.16. The van der Waals surface area contributed by atoms with Gasteiger partial charge in [0.1, 0.15) is 23.5 Å². The lowest BCUT2D eigenvalue weighted by atomic mass is 9.87. The second-order valence-corrected chi connectivity index (χ2v) is 9.28. The highest BCUT2D eigenvalue weighted by Crippen LogP contribution is 2.42. The fourth-order valence-corrected chi connectivity index (χ4v) is 5.00. The van der Waals surface area contributed by atoms with E-state index in [4.69, 9.17) is 16.3 Å². The lowest BCUT2D eigenvalue weighted by molar-refractivity contribution is 0.0690. The van der Waals surface area contributed by atoms with Gasteiger partial charge in [-0.25, -0.2) is 14.2 Å². The molecule has 0 amide bonds. The molecule has 6 nitrogen and oxygen atoms in total. The molecule has 1 aromatic heterocycles. The number of halogens is 2. The summed E-state index contributed by atoms with van der Waals surface area (Å²) in [4.78, 5) is 20.8. The number of H-pyrrole nitrogens is 1. The molecule has 5 rings (SSSR count). The van der Waals surface area contributed by atoms with Gasteiger partial charge in [-0.1, -0.05) is 41.9 Å². The molecule has 0 bridgehead atoms. The van der Waals surface area contributed by atoms with Crippen molar-refractivity contribution in [3.8, 4) is 5.75 Å². The fourth-order valence-electron chi connectivity index (χ4n) is 4.84. The van der Waals surface area contributed by atoms with Crippen LogP contribution in [0.15, 0.2) is 42.5 Å². The number of carboxylic acid groups (broad SMARTS) is 1. The number of aromatic amines is 1. The Labute approximate surface area is 202 Å². The molecule has 2 aromatic carbocycles. The van der Waals surface area contributed by atoms with Gasteiger partial charge >= 0.3 is 5.97 Å². The smallest absolute Gasteiger partial charge is 0.356 e. The van der Waals surface area contributed by atoms with E-state index in [-0.39, 0.29) is 11.5 Å². The molecular formula is C26H25ClFN3O3. The van der Waals surface area contributed by atoms with Gasteiger partial charge in [0.15, 0.2) is 5.69 Å². The van der Waals surface area contributed by atoms with Crippen LogP contribution in [0.2, 0.25) is 5.02 Å². The maximum absolute atomic E-state index is 14.5. The highest BCUT2D eigenvalue weighted by molar-refractivity contribution is 6.30. The minimum Gasteiger partial charge on any atom is -0.481 e. The van der Waals surface area contributed by atoms with Crippen molar-refractivity contribution in [1.82, 2.24) is 14.9 Å². The molecule has 3 aromatic rings. The van der Waals surface area contributed by atoms with Crippen molar-refractivity contribution in [3.05, 3.63) is 87.2 Å². The number of benzene rings is 2. The normalized spacial score (nSPS) is 18.5. The average Bonchev–Trinajstić information content (AvgIpc) is 3.19. The van der Waals surface area contributed by atoms with Crippen LogP contribution in [-0.2, 0) is 6.54 Å². The van der Waals surface area contributed by atoms with E-state index in [1.54, 1.807) is 19.1 Å². The van der Waals surface area contributed by atoms with Crippen molar-refractivity contribution in [2.45, 2.75) is 38.3 Å². The highest BCUT2D eigenvalue weighted by Gasteiger charge is 2.28.